The molecule has 0 saturated heterocycles. The molecule has 0 fully saturated rings. The number of nitrogens with zero attached hydrogens (tertiary/aromatic N) is 1. The van der Waals surface area contributed by atoms with Gasteiger partial charge in [0.15, 0.2) is 0 Å². The summed E-state index contributed by atoms with van der Waals surface area (Å²) in [5.74, 6) is 0. The molecule has 0 aliphatic heterocycles. The average molecular weight is 502 g/mol. The summed E-state index contributed by atoms with van der Waals surface area (Å²) in [5, 5.41) is 6.21. The van der Waals surface area contributed by atoms with Gasteiger partial charge >= 0.3 is 0 Å². The number of benzene rings is 6. The fourth-order valence-electron chi connectivity index (χ4n) is 5.53. The van der Waals surface area contributed by atoms with Crippen LogP contribution >= 0.6 is 0 Å². The smallest absolute Gasteiger partial charge is 0.0618 e. The van der Waals surface area contributed by atoms with Gasteiger partial charge in [-0.2, -0.15) is 0 Å². The Labute approximate surface area is 227 Å². The molecule has 0 spiro atoms. The molecule has 0 atom stereocenters. The molecule has 39 heavy (non-hydrogen) atoms. The van der Waals surface area contributed by atoms with Crippen LogP contribution in [0, 0.1) is 0 Å². The number of para-hydroxylation sites is 4. The molecule has 3 nitrogen and oxygen atoms in total. The molecule has 7 rings (SSSR count). The van der Waals surface area contributed by atoms with E-state index in [1.165, 1.54) is 21.8 Å². The number of rotatable bonds is 5. The Morgan fingerprint density at radius 2 is 0.949 bits per heavy atom. The first kappa shape index (κ1) is 22.9. The molecule has 0 aliphatic rings. The number of hydrogen-bond donors (Lipinski definition) is 2. The average Bonchev–Trinajstić information content (AvgIpc) is 3.34. The lowest BCUT2D eigenvalue weighted by atomic mass is 9.94. The highest BCUT2D eigenvalue weighted by atomic mass is 15.0. The van der Waals surface area contributed by atoms with Crippen molar-refractivity contribution in [2.75, 3.05) is 11.1 Å². The van der Waals surface area contributed by atoms with Crippen LogP contribution in [0.25, 0.3) is 49.7 Å². The zero-order valence-corrected chi connectivity index (χ0v) is 21.4. The van der Waals surface area contributed by atoms with E-state index < -0.39 is 0 Å². The van der Waals surface area contributed by atoms with E-state index in [4.69, 9.17) is 5.73 Å². The lowest BCUT2D eigenvalue weighted by Crippen LogP contribution is -2.03. The molecule has 0 bridgehead atoms. The Kier molecular flexibility index (Phi) is 5.60. The van der Waals surface area contributed by atoms with E-state index in [0.717, 1.165) is 39.3 Å². The van der Waals surface area contributed by atoms with Crippen LogP contribution in [0.3, 0.4) is 0 Å². The number of nitrogens with two attached hydrogens (primary N) is 1. The van der Waals surface area contributed by atoms with E-state index in [2.05, 4.69) is 131 Å². The fourth-order valence-corrected chi connectivity index (χ4v) is 5.53. The minimum Gasteiger partial charge on any atom is -0.397 e. The first-order chi connectivity index (χ1) is 19.3. The van der Waals surface area contributed by atoms with Crippen LogP contribution < -0.4 is 11.1 Å². The molecule has 1 aromatic heterocycles. The van der Waals surface area contributed by atoms with E-state index in [-0.39, 0.29) is 0 Å². The third-order valence-electron chi connectivity index (χ3n) is 7.35. The van der Waals surface area contributed by atoms with E-state index in [0.29, 0.717) is 5.69 Å². The maximum absolute atomic E-state index is 6.41. The monoisotopic (exact) mass is 501 g/mol. The van der Waals surface area contributed by atoms with Crippen molar-refractivity contribution in [3.8, 4) is 27.9 Å². The first-order valence-electron chi connectivity index (χ1n) is 13.2. The van der Waals surface area contributed by atoms with Crippen molar-refractivity contribution in [1.82, 2.24) is 4.57 Å². The first-order valence-corrected chi connectivity index (χ1v) is 13.2. The van der Waals surface area contributed by atoms with Gasteiger partial charge in [-0.3, -0.25) is 0 Å². The maximum Gasteiger partial charge on any atom is 0.0618 e. The Morgan fingerprint density at radius 3 is 1.49 bits per heavy atom. The summed E-state index contributed by atoms with van der Waals surface area (Å²) in [5.41, 5.74) is 17.0. The summed E-state index contributed by atoms with van der Waals surface area (Å²) >= 11 is 0. The van der Waals surface area contributed by atoms with Crippen molar-refractivity contribution in [2.24, 2.45) is 0 Å². The SMILES string of the molecule is Nc1ccccc1Nc1c(-c2ccccc2)cc(-n2c3ccccc3c3ccccc32)cc1-c1ccccc1. The minimum absolute atomic E-state index is 0.710. The molecular weight excluding hydrogens is 474 g/mol. The van der Waals surface area contributed by atoms with E-state index in [9.17, 15) is 0 Å². The maximum atomic E-state index is 6.41. The van der Waals surface area contributed by atoms with Crippen molar-refractivity contribution in [3.63, 3.8) is 0 Å². The number of fused-ring (bicyclic) bond motifs is 3. The normalized spacial score (nSPS) is 11.2. The van der Waals surface area contributed by atoms with Crippen molar-refractivity contribution in [2.45, 2.75) is 0 Å². The van der Waals surface area contributed by atoms with E-state index >= 15 is 0 Å². The third-order valence-corrected chi connectivity index (χ3v) is 7.35. The Morgan fingerprint density at radius 1 is 0.487 bits per heavy atom. The van der Waals surface area contributed by atoms with Gasteiger partial charge in [0, 0.05) is 27.6 Å². The molecule has 3 heteroatoms. The van der Waals surface area contributed by atoms with Crippen LogP contribution in [0.1, 0.15) is 0 Å². The van der Waals surface area contributed by atoms with Gasteiger partial charge in [-0.25, -0.2) is 0 Å². The zero-order chi connectivity index (χ0) is 26.2. The predicted octanol–water partition coefficient (Wildman–Crippen LogP) is 9.44. The molecule has 7 aromatic rings. The molecule has 0 saturated carbocycles. The highest BCUT2D eigenvalue weighted by Gasteiger charge is 2.19. The largest absolute Gasteiger partial charge is 0.397 e. The van der Waals surface area contributed by atoms with Crippen LogP contribution in [0.2, 0.25) is 0 Å². The van der Waals surface area contributed by atoms with E-state index in [1.807, 2.05) is 24.3 Å². The van der Waals surface area contributed by atoms with Crippen molar-refractivity contribution >= 4 is 38.9 Å². The number of nitrogen functional groups attached to an aromatic ring is 1. The summed E-state index contributed by atoms with van der Waals surface area (Å²) in [6, 6.07) is 50.9. The zero-order valence-electron chi connectivity index (χ0n) is 21.4. The van der Waals surface area contributed by atoms with Crippen molar-refractivity contribution in [1.29, 1.82) is 0 Å². The predicted molar refractivity (Wildman–Crippen MR) is 166 cm³/mol. The Balaban J connectivity index is 1.58. The number of aromatic nitrogens is 1. The summed E-state index contributed by atoms with van der Waals surface area (Å²) in [7, 11) is 0. The number of anilines is 3. The molecule has 186 valence electrons. The molecule has 0 unspecified atom stereocenters. The second kappa shape index (κ2) is 9.55. The Hall–Kier alpha value is -5.28. The van der Waals surface area contributed by atoms with Crippen molar-refractivity contribution < 1.29 is 0 Å². The lowest BCUT2D eigenvalue weighted by Gasteiger charge is -2.21. The fraction of sp³-hybridized carbons (Fsp3) is 0. The van der Waals surface area contributed by atoms with Crippen LogP contribution in [0.15, 0.2) is 146 Å². The highest BCUT2D eigenvalue weighted by molar-refractivity contribution is 6.09. The molecule has 6 aromatic carbocycles. The van der Waals surface area contributed by atoms with Crippen LogP contribution in [-0.2, 0) is 0 Å². The Bertz CT molecular complexity index is 1820. The van der Waals surface area contributed by atoms with Gasteiger partial charge in [-0.15, -0.1) is 0 Å². The van der Waals surface area contributed by atoms with Crippen LogP contribution in [-0.4, -0.2) is 4.57 Å². The van der Waals surface area contributed by atoms with Gasteiger partial charge in [0.1, 0.15) is 0 Å². The topological polar surface area (TPSA) is 43.0 Å². The van der Waals surface area contributed by atoms with Gasteiger partial charge in [0.25, 0.3) is 0 Å². The van der Waals surface area contributed by atoms with Gasteiger partial charge in [0.05, 0.1) is 28.1 Å². The van der Waals surface area contributed by atoms with Gasteiger partial charge in [-0.05, 0) is 47.5 Å². The van der Waals surface area contributed by atoms with Crippen LogP contribution in [0.5, 0.6) is 0 Å². The highest BCUT2D eigenvalue weighted by Crippen LogP contribution is 2.43. The van der Waals surface area contributed by atoms with Gasteiger partial charge < -0.3 is 15.6 Å². The van der Waals surface area contributed by atoms with Crippen LogP contribution in [0.4, 0.5) is 17.1 Å². The lowest BCUT2D eigenvalue weighted by molar-refractivity contribution is 1.18. The van der Waals surface area contributed by atoms with Crippen molar-refractivity contribution in [3.05, 3.63) is 146 Å². The molecular formula is C36H27N3. The molecule has 0 radical (unpaired) electrons. The second-order valence-electron chi connectivity index (χ2n) is 9.73. The quantitative estimate of drug-likeness (QED) is 0.231. The summed E-state index contributed by atoms with van der Waals surface area (Å²) in [6.07, 6.45) is 0. The molecule has 0 amide bonds. The van der Waals surface area contributed by atoms with Gasteiger partial charge in [-0.1, -0.05) is 109 Å². The summed E-state index contributed by atoms with van der Waals surface area (Å²) in [6.45, 7) is 0. The number of nitrogens with one attached hydrogen (secondary N) is 1. The second-order valence-corrected chi connectivity index (χ2v) is 9.73. The molecule has 3 N–H and O–H groups in total. The third kappa shape index (κ3) is 4.01. The number of hydrogen-bond acceptors (Lipinski definition) is 2. The molecule has 1 heterocycles. The standard InChI is InChI=1S/C36H27N3/c37-32-19-9-10-20-33(32)38-36-30(25-13-3-1-4-14-25)23-27(24-31(36)26-15-5-2-6-16-26)39-34-21-11-7-17-28(34)29-18-8-12-22-35(29)39/h1-24,38H,37H2. The van der Waals surface area contributed by atoms with Gasteiger partial charge in [0.2, 0.25) is 0 Å². The molecule has 0 aliphatic carbocycles. The summed E-state index contributed by atoms with van der Waals surface area (Å²) < 4.78 is 2.38. The minimum atomic E-state index is 0.710. The summed E-state index contributed by atoms with van der Waals surface area (Å²) in [4.78, 5) is 0. The van der Waals surface area contributed by atoms with E-state index in [1.54, 1.807) is 0 Å².